The SMILES string of the molecule is CC(C)CN(C(=O)OCc1ccccc1)c1nc(-c2cccc(Br)c2)cs1. The molecule has 0 unspecified atom stereocenters. The molecule has 3 aromatic rings. The second-order valence-corrected chi connectivity index (χ2v) is 8.32. The first kappa shape index (κ1) is 19.6. The Balaban J connectivity index is 1.77. The summed E-state index contributed by atoms with van der Waals surface area (Å²) in [6.07, 6.45) is -0.373. The van der Waals surface area contributed by atoms with Gasteiger partial charge in [0.1, 0.15) is 6.61 Å². The van der Waals surface area contributed by atoms with E-state index in [9.17, 15) is 4.79 Å². The zero-order chi connectivity index (χ0) is 19.2. The van der Waals surface area contributed by atoms with Crippen LogP contribution in [0.15, 0.2) is 64.5 Å². The van der Waals surface area contributed by atoms with Gasteiger partial charge in [-0.25, -0.2) is 9.78 Å². The van der Waals surface area contributed by atoms with E-state index in [1.54, 1.807) is 4.90 Å². The Bertz CT molecular complexity index is 896. The Kier molecular flexibility index (Phi) is 6.63. The van der Waals surface area contributed by atoms with Crippen LogP contribution in [0, 0.1) is 5.92 Å². The number of ether oxygens (including phenoxy) is 1. The first-order valence-corrected chi connectivity index (χ1v) is 10.4. The van der Waals surface area contributed by atoms with Gasteiger partial charge in [0.25, 0.3) is 0 Å². The van der Waals surface area contributed by atoms with Crippen LogP contribution < -0.4 is 4.90 Å². The number of carbonyl (C=O) groups is 1. The normalized spacial score (nSPS) is 10.8. The molecular weight excluding hydrogens is 424 g/mol. The molecule has 0 spiro atoms. The number of hydrogen-bond acceptors (Lipinski definition) is 4. The minimum absolute atomic E-state index is 0.248. The quantitative estimate of drug-likeness (QED) is 0.443. The molecule has 1 amide bonds. The average Bonchev–Trinajstić information content (AvgIpc) is 3.15. The summed E-state index contributed by atoms with van der Waals surface area (Å²) in [6.45, 7) is 4.94. The van der Waals surface area contributed by atoms with Crippen molar-refractivity contribution in [1.29, 1.82) is 0 Å². The highest BCUT2D eigenvalue weighted by Crippen LogP contribution is 2.30. The van der Waals surface area contributed by atoms with E-state index in [0.29, 0.717) is 17.6 Å². The number of carbonyl (C=O) groups excluding carboxylic acids is 1. The maximum absolute atomic E-state index is 12.7. The van der Waals surface area contributed by atoms with Gasteiger partial charge in [0.2, 0.25) is 0 Å². The molecule has 0 saturated heterocycles. The number of hydrogen-bond donors (Lipinski definition) is 0. The highest BCUT2D eigenvalue weighted by Gasteiger charge is 2.22. The number of benzene rings is 2. The smallest absolute Gasteiger partial charge is 0.416 e. The van der Waals surface area contributed by atoms with Gasteiger partial charge in [-0.3, -0.25) is 4.90 Å². The summed E-state index contributed by atoms with van der Waals surface area (Å²) in [5.74, 6) is 0.299. The molecule has 0 aliphatic carbocycles. The summed E-state index contributed by atoms with van der Waals surface area (Å²) in [5, 5.41) is 2.62. The fourth-order valence-electron chi connectivity index (χ4n) is 2.56. The Hall–Kier alpha value is -2.18. The zero-order valence-electron chi connectivity index (χ0n) is 15.3. The van der Waals surface area contributed by atoms with Crippen LogP contribution in [0.3, 0.4) is 0 Å². The molecule has 27 heavy (non-hydrogen) atoms. The maximum atomic E-state index is 12.7. The number of amides is 1. The van der Waals surface area contributed by atoms with E-state index in [0.717, 1.165) is 21.3 Å². The average molecular weight is 445 g/mol. The highest BCUT2D eigenvalue weighted by molar-refractivity contribution is 9.10. The highest BCUT2D eigenvalue weighted by atomic mass is 79.9. The van der Waals surface area contributed by atoms with Crippen LogP contribution in [-0.4, -0.2) is 17.6 Å². The zero-order valence-corrected chi connectivity index (χ0v) is 17.7. The van der Waals surface area contributed by atoms with Crippen molar-refractivity contribution in [3.8, 4) is 11.3 Å². The number of halogens is 1. The number of anilines is 1. The van der Waals surface area contributed by atoms with Crippen LogP contribution in [0.25, 0.3) is 11.3 Å². The Morgan fingerprint density at radius 2 is 1.96 bits per heavy atom. The molecule has 2 aromatic carbocycles. The molecule has 0 atom stereocenters. The summed E-state index contributed by atoms with van der Waals surface area (Å²) < 4.78 is 6.52. The van der Waals surface area contributed by atoms with Gasteiger partial charge < -0.3 is 4.74 Å². The fraction of sp³-hybridized carbons (Fsp3) is 0.238. The van der Waals surface area contributed by atoms with E-state index in [1.165, 1.54) is 11.3 Å². The summed E-state index contributed by atoms with van der Waals surface area (Å²) in [6, 6.07) is 17.6. The molecule has 0 aliphatic heterocycles. The van der Waals surface area contributed by atoms with Gasteiger partial charge in [-0.15, -0.1) is 11.3 Å². The van der Waals surface area contributed by atoms with Crippen LogP contribution in [0.2, 0.25) is 0 Å². The van der Waals surface area contributed by atoms with Crippen LogP contribution in [-0.2, 0) is 11.3 Å². The van der Waals surface area contributed by atoms with Gasteiger partial charge in [-0.2, -0.15) is 0 Å². The molecule has 1 heterocycles. The van der Waals surface area contributed by atoms with Crippen molar-refractivity contribution in [3.05, 3.63) is 70.0 Å². The van der Waals surface area contributed by atoms with Gasteiger partial charge in [0.05, 0.1) is 5.69 Å². The second-order valence-electron chi connectivity index (χ2n) is 6.57. The van der Waals surface area contributed by atoms with Gasteiger partial charge in [-0.1, -0.05) is 72.2 Å². The largest absolute Gasteiger partial charge is 0.444 e. The van der Waals surface area contributed by atoms with Crippen LogP contribution in [0.4, 0.5) is 9.93 Å². The number of aromatic nitrogens is 1. The van der Waals surface area contributed by atoms with E-state index in [1.807, 2.05) is 60.0 Å². The number of thiazole rings is 1. The first-order chi connectivity index (χ1) is 13.0. The van der Waals surface area contributed by atoms with Crippen molar-refractivity contribution in [1.82, 2.24) is 4.98 Å². The van der Waals surface area contributed by atoms with Crippen LogP contribution in [0.1, 0.15) is 19.4 Å². The molecule has 6 heteroatoms. The van der Waals surface area contributed by atoms with Crippen molar-refractivity contribution < 1.29 is 9.53 Å². The molecule has 0 N–H and O–H groups in total. The summed E-state index contributed by atoms with van der Waals surface area (Å²) in [4.78, 5) is 19.0. The molecule has 0 saturated carbocycles. The number of rotatable bonds is 6. The Morgan fingerprint density at radius 1 is 1.19 bits per heavy atom. The molecule has 0 radical (unpaired) electrons. The van der Waals surface area contributed by atoms with Gasteiger partial charge in [0.15, 0.2) is 5.13 Å². The van der Waals surface area contributed by atoms with Crippen molar-refractivity contribution in [2.75, 3.05) is 11.4 Å². The third-order valence-electron chi connectivity index (χ3n) is 3.82. The summed E-state index contributed by atoms with van der Waals surface area (Å²) in [5.41, 5.74) is 2.82. The fourth-order valence-corrected chi connectivity index (χ4v) is 3.79. The van der Waals surface area contributed by atoms with Crippen LogP contribution in [0.5, 0.6) is 0 Å². The lowest BCUT2D eigenvalue weighted by molar-refractivity contribution is 0.146. The lowest BCUT2D eigenvalue weighted by Crippen LogP contribution is -2.34. The lowest BCUT2D eigenvalue weighted by Gasteiger charge is -2.21. The minimum Gasteiger partial charge on any atom is -0.444 e. The van der Waals surface area contributed by atoms with Crippen molar-refractivity contribution in [2.45, 2.75) is 20.5 Å². The first-order valence-electron chi connectivity index (χ1n) is 8.72. The topological polar surface area (TPSA) is 42.4 Å². The third kappa shape index (κ3) is 5.40. The van der Waals surface area contributed by atoms with Gasteiger partial charge in [-0.05, 0) is 23.6 Å². The molecule has 4 nitrogen and oxygen atoms in total. The molecular formula is C21H21BrN2O2S. The molecule has 1 aromatic heterocycles. The third-order valence-corrected chi connectivity index (χ3v) is 5.17. The Labute approximate surface area is 171 Å². The number of nitrogens with zero attached hydrogens (tertiary/aromatic N) is 2. The van der Waals surface area contributed by atoms with E-state index < -0.39 is 0 Å². The molecule has 0 aliphatic rings. The summed E-state index contributed by atoms with van der Waals surface area (Å²) >= 11 is 4.93. The van der Waals surface area contributed by atoms with Gasteiger partial charge >= 0.3 is 6.09 Å². The Morgan fingerprint density at radius 3 is 2.67 bits per heavy atom. The predicted octanol–water partition coefficient (Wildman–Crippen LogP) is 6.37. The van der Waals surface area contributed by atoms with Gasteiger partial charge in [0, 0.05) is 22.0 Å². The summed E-state index contributed by atoms with van der Waals surface area (Å²) in [7, 11) is 0. The van der Waals surface area contributed by atoms with E-state index in [2.05, 4.69) is 34.8 Å². The lowest BCUT2D eigenvalue weighted by atomic mass is 10.2. The van der Waals surface area contributed by atoms with E-state index >= 15 is 0 Å². The minimum atomic E-state index is -0.373. The molecule has 0 bridgehead atoms. The standard InChI is InChI=1S/C21H21BrN2O2S/c1-15(2)12-24(21(25)26-13-16-7-4-3-5-8-16)20-23-19(14-27-20)17-9-6-10-18(22)11-17/h3-11,14-15H,12-13H2,1-2H3. The molecule has 0 fully saturated rings. The van der Waals surface area contributed by atoms with E-state index in [4.69, 9.17) is 4.74 Å². The monoisotopic (exact) mass is 444 g/mol. The van der Waals surface area contributed by atoms with E-state index in [-0.39, 0.29) is 12.7 Å². The predicted molar refractivity (Wildman–Crippen MR) is 114 cm³/mol. The van der Waals surface area contributed by atoms with Crippen LogP contribution >= 0.6 is 27.3 Å². The van der Waals surface area contributed by atoms with Crippen molar-refractivity contribution >= 4 is 38.5 Å². The maximum Gasteiger partial charge on any atom is 0.416 e. The molecule has 140 valence electrons. The molecule has 3 rings (SSSR count). The van der Waals surface area contributed by atoms with Crippen molar-refractivity contribution in [2.24, 2.45) is 5.92 Å². The van der Waals surface area contributed by atoms with Crippen molar-refractivity contribution in [3.63, 3.8) is 0 Å². The second kappa shape index (κ2) is 9.15.